The molecule has 0 spiro atoms. The van der Waals surface area contributed by atoms with Gasteiger partial charge in [0.1, 0.15) is 6.33 Å². The minimum atomic E-state index is -0.245. The highest BCUT2D eigenvalue weighted by Gasteiger charge is 2.12. The summed E-state index contributed by atoms with van der Waals surface area (Å²) in [7, 11) is 1.86. The van der Waals surface area contributed by atoms with Crippen molar-refractivity contribution in [2.45, 2.75) is 6.04 Å². The van der Waals surface area contributed by atoms with E-state index in [1.165, 1.54) is 6.33 Å². The number of rotatable bonds is 2. The van der Waals surface area contributed by atoms with Crippen molar-refractivity contribution in [2.75, 3.05) is 0 Å². The first-order chi connectivity index (χ1) is 6.79. The Labute approximate surface area is 81.6 Å². The summed E-state index contributed by atoms with van der Waals surface area (Å²) >= 11 is 0. The highest BCUT2D eigenvalue weighted by Crippen LogP contribution is 2.15. The van der Waals surface area contributed by atoms with Gasteiger partial charge in [-0.3, -0.25) is 4.68 Å². The molecule has 2 heterocycles. The van der Waals surface area contributed by atoms with Gasteiger partial charge in [0, 0.05) is 19.4 Å². The number of nitrogens with zero attached hydrogens (tertiary/aromatic N) is 4. The van der Waals surface area contributed by atoms with Gasteiger partial charge in [-0.15, -0.1) is 0 Å². The van der Waals surface area contributed by atoms with E-state index in [1.54, 1.807) is 23.1 Å². The summed E-state index contributed by atoms with van der Waals surface area (Å²) in [5.74, 6) is 0. The highest BCUT2D eigenvalue weighted by molar-refractivity contribution is 5.18. The van der Waals surface area contributed by atoms with Gasteiger partial charge in [-0.2, -0.15) is 5.10 Å². The van der Waals surface area contributed by atoms with Crippen molar-refractivity contribution in [3.05, 3.63) is 42.2 Å². The van der Waals surface area contributed by atoms with Gasteiger partial charge in [0.25, 0.3) is 0 Å². The summed E-state index contributed by atoms with van der Waals surface area (Å²) in [6, 6.07) is 3.44. The summed E-state index contributed by atoms with van der Waals surface area (Å²) in [5, 5.41) is 4.06. The van der Waals surface area contributed by atoms with Crippen LogP contribution in [-0.2, 0) is 7.05 Å². The van der Waals surface area contributed by atoms with Gasteiger partial charge >= 0.3 is 0 Å². The lowest BCUT2D eigenvalue weighted by Gasteiger charge is -2.10. The van der Waals surface area contributed by atoms with Gasteiger partial charge in [-0.25, -0.2) is 9.97 Å². The van der Waals surface area contributed by atoms with E-state index in [4.69, 9.17) is 5.73 Å². The highest BCUT2D eigenvalue weighted by atomic mass is 15.3. The van der Waals surface area contributed by atoms with Crippen LogP contribution in [0.3, 0.4) is 0 Å². The molecular weight excluding hydrogens is 178 g/mol. The zero-order chi connectivity index (χ0) is 9.97. The van der Waals surface area contributed by atoms with E-state index < -0.39 is 0 Å². The van der Waals surface area contributed by atoms with E-state index in [2.05, 4.69) is 15.1 Å². The Balaban J connectivity index is 2.34. The average Bonchev–Trinajstić information content (AvgIpc) is 2.65. The lowest BCUT2D eigenvalue weighted by atomic mass is 10.1. The Morgan fingerprint density at radius 2 is 2.21 bits per heavy atom. The normalized spacial score (nSPS) is 12.7. The summed E-state index contributed by atoms with van der Waals surface area (Å²) in [5.41, 5.74) is 7.74. The molecule has 0 bridgehead atoms. The van der Waals surface area contributed by atoms with E-state index >= 15 is 0 Å². The molecule has 0 saturated carbocycles. The van der Waals surface area contributed by atoms with E-state index in [1.807, 2.05) is 13.1 Å². The molecule has 0 fully saturated rings. The van der Waals surface area contributed by atoms with Crippen LogP contribution in [0, 0.1) is 0 Å². The van der Waals surface area contributed by atoms with Crippen LogP contribution in [0.25, 0.3) is 0 Å². The van der Waals surface area contributed by atoms with Crippen molar-refractivity contribution in [1.29, 1.82) is 0 Å². The molecule has 0 amide bonds. The van der Waals surface area contributed by atoms with Crippen LogP contribution >= 0.6 is 0 Å². The Hall–Kier alpha value is -1.75. The third kappa shape index (κ3) is 1.49. The molecule has 2 aromatic rings. The maximum atomic E-state index is 6.01. The molecule has 2 aromatic heterocycles. The summed E-state index contributed by atoms with van der Waals surface area (Å²) < 4.78 is 1.74. The van der Waals surface area contributed by atoms with E-state index in [0.29, 0.717) is 0 Å². The molecule has 0 aliphatic rings. The van der Waals surface area contributed by atoms with Crippen LogP contribution in [-0.4, -0.2) is 19.7 Å². The Bertz CT molecular complexity index is 408. The van der Waals surface area contributed by atoms with Crippen LogP contribution in [0.5, 0.6) is 0 Å². The lowest BCUT2D eigenvalue weighted by Crippen LogP contribution is -2.17. The molecule has 2 rings (SSSR count). The van der Waals surface area contributed by atoms with Crippen LogP contribution in [0.1, 0.15) is 17.4 Å². The molecule has 5 heteroatoms. The lowest BCUT2D eigenvalue weighted by molar-refractivity contribution is 0.662. The molecule has 1 atom stereocenters. The Morgan fingerprint density at radius 3 is 2.79 bits per heavy atom. The summed E-state index contributed by atoms with van der Waals surface area (Å²) in [4.78, 5) is 7.94. The van der Waals surface area contributed by atoms with Crippen molar-refractivity contribution in [1.82, 2.24) is 19.7 Å². The van der Waals surface area contributed by atoms with Gasteiger partial charge < -0.3 is 5.73 Å². The van der Waals surface area contributed by atoms with Gasteiger partial charge in [0.15, 0.2) is 0 Å². The number of hydrogen-bond donors (Lipinski definition) is 1. The van der Waals surface area contributed by atoms with Crippen molar-refractivity contribution >= 4 is 0 Å². The van der Waals surface area contributed by atoms with Crippen LogP contribution in [0.4, 0.5) is 0 Å². The first-order valence-electron chi connectivity index (χ1n) is 4.28. The zero-order valence-corrected chi connectivity index (χ0v) is 7.83. The number of aryl methyl sites for hydroxylation is 1. The summed E-state index contributed by atoms with van der Waals surface area (Å²) in [6.07, 6.45) is 4.89. The zero-order valence-electron chi connectivity index (χ0n) is 7.83. The fraction of sp³-hybridized carbons (Fsp3) is 0.222. The van der Waals surface area contributed by atoms with Gasteiger partial charge in [0.05, 0.1) is 17.4 Å². The second-order valence-corrected chi connectivity index (χ2v) is 2.99. The number of nitrogens with two attached hydrogens (primary N) is 1. The summed E-state index contributed by atoms with van der Waals surface area (Å²) in [6.45, 7) is 0. The molecule has 0 aromatic carbocycles. The molecule has 0 aliphatic carbocycles. The Morgan fingerprint density at radius 1 is 1.36 bits per heavy atom. The SMILES string of the molecule is Cn1nccc1C(N)c1ccncn1. The largest absolute Gasteiger partial charge is 0.318 e. The fourth-order valence-corrected chi connectivity index (χ4v) is 1.33. The monoisotopic (exact) mass is 189 g/mol. The predicted molar refractivity (Wildman–Crippen MR) is 51.3 cm³/mol. The topological polar surface area (TPSA) is 69.6 Å². The van der Waals surface area contributed by atoms with Crippen LogP contribution < -0.4 is 5.73 Å². The number of aromatic nitrogens is 4. The van der Waals surface area contributed by atoms with Crippen molar-refractivity contribution < 1.29 is 0 Å². The molecule has 1 unspecified atom stereocenters. The molecule has 5 nitrogen and oxygen atoms in total. The minimum Gasteiger partial charge on any atom is -0.318 e. The third-order valence-electron chi connectivity index (χ3n) is 2.10. The van der Waals surface area contributed by atoms with Gasteiger partial charge in [0.2, 0.25) is 0 Å². The molecule has 2 N–H and O–H groups in total. The van der Waals surface area contributed by atoms with Crippen LogP contribution in [0.2, 0.25) is 0 Å². The fourth-order valence-electron chi connectivity index (χ4n) is 1.33. The molecule has 0 saturated heterocycles. The first kappa shape index (κ1) is 8.83. The van der Waals surface area contributed by atoms with E-state index in [-0.39, 0.29) is 6.04 Å². The van der Waals surface area contributed by atoms with Gasteiger partial charge in [-0.05, 0) is 12.1 Å². The quantitative estimate of drug-likeness (QED) is 0.735. The molecule has 0 aliphatic heterocycles. The smallest absolute Gasteiger partial charge is 0.115 e. The molecular formula is C9H11N5. The second kappa shape index (κ2) is 3.55. The predicted octanol–water partition coefficient (Wildman–Crippen LogP) is 0.258. The molecule has 0 radical (unpaired) electrons. The minimum absolute atomic E-state index is 0.245. The van der Waals surface area contributed by atoms with Crippen LogP contribution in [0.15, 0.2) is 30.9 Å². The van der Waals surface area contributed by atoms with Crippen molar-refractivity contribution in [3.63, 3.8) is 0 Å². The molecule has 14 heavy (non-hydrogen) atoms. The van der Waals surface area contributed by atoms with Crippen molar-refractivity contribution in [2.24, 2.45) is 12.8 Å². The average molecular weight is 189 g/mol. The number of hydrogen-bond acceptors (Lipinski definition) is 4. The molecule has 72 valence electrons. The van der Waals surface area contributed by atoms with E-state index in [9.17, 15) is 0 Å². The Kier molecular flexibility index (Phi) is 2.24. The third-order valence-corrected chi connectivity index (χ3v) is 2.10. The maximum Gasteiger partial charge on any atom is 0.115 e. The maximum absolute atomic E-state index is 6.01. The van der Waals surface area contributed by atoms with E-state index in [0.717, 1.165) is 11.4 Å². The van der Waals surface area contributed by atoms with Gasteiger partial charge in [-0.1, -0.05) is 0 Å². The van der Waals surface area contributed by atoms with Crippen molar-refractivity contribution in [3.8, 4) is 0 Å². The second-order valence-electron chi connectivity index (χ2n) is 2.99. The first-order valence-corrected chi connectivity index (χ1v) is 4.28. The standard InChI is InChI=1S/C9H11N5/c1-14-8(3-5-13-14)9(10)7-2-4-11-6-12-7/h2-6,9H,10H2,1H3.